The fourth-order valence-electron chi connectivity index (χ4n) is 3.21. The first-order valence-electron chi connectivity index (χ1n) is 8.22. The van der Waals surface area contributed by atoms with Crippen LogP contribution >= 0.6 is 11.6 Å². The Morgan fingerprint density at radius 3 is 2.48 bits per heavy atom. The van der Waals surface area contributed by atoms with Gasteiger partial charge in [0.25, 0.3) is 0 Å². The van der Waals surface area contributed by atoms with E-state index >= 15 is 0 Å². The van der Waals surface area contributed by atoms with Crippen molar-refractivity contribution in [1.82, 2.24) is 14.7 Å². The lowest BCUT2D eigenvalue weighted by Crippen LogP contribution is -2.51. The molecule has 0 bridgehead atoms. The number of carbonyl (C=O) groups is 2. The molecule has 0 saturated carbocycles. The maximum atomic E-state index is 12.5. The second-order valence-electron chi connectivity index (χ2n) is 6.55. The highest BCUT2D eigenvalue weighted by atomic mass is 35.5. The molecule has 1 aromatic heterocycles. The summed E-state index contributed by atoms with van der Waals surface area (Å²) in [6.07, 6.45) is 0.658. The molecular weight excluding hydrogens is 340 g/mol. The summed E-state index contributed by atoms with van der Waals surface area (Å²) in [6, 6.07) is 7.43. The summed E-state index contributed by atoms with van der Waals surface area (Å²) in [5.41, 5.74) is 8.84. The van der Waals surface area contributed by atoms with E-state index in [4.69, 9.17) is 17.3 Å². The molecule has 2 aromatic rings. The lowest BCUT2D eigenvalue weighted by Gasteiger charge is -2.38. The molecule has 3 rings (SSSR count). The van der Waals surface area contributed by atoms with Crippen LogP contribution in [0.5, 0.6) is 0 Å². The average molecular weight is 361 g/mol. The summed E-state index contributed by atoms with van der Waals surface area (Å²) in [5.74, 6) is -0.0592. The maximum absolute atomic E-state index is 12.5. The van der Waals surface area contributed by atoms with Crippen molar-refractivity contribution >= 4 is 23.4 Å². The number of nitrogens with two attached hydrogens (primary N) is 1. The Morgan fingerprint density at radius 2 is 1.88 bits per heavy atom. The van der Waals surface area contributed by atoms with Crippen molar-refractivity contribution in [3.8, 4) is 5.69 Å². The van der Waals surface area contributed by atoms with Gasteiger partial charge in [-0.1, -0.05) is 11.6 Å². The van der Waals surface area contributed by atoms with Gasteiger partial charge in [0.15, 0.2) is 0 Å². The van der Waals surface area contributed by atoms with Crippen molar-refractivity contribution in [2.45, 2.75) is 26.7 Å². The number of likely N-dealkylation sites (tertiary alicyclic amines) is 1. The number of nitrogens with zero attached hydrogens (tertiary/aromatic N) is 3. The Morgan fingerprint density at radius 1 is 1.24 bits per heavy atom. The van der Waals surface area contributed by atoms with Crippen LogP contribution in [-0.4, -0.2) is 39.6 Å². The topological polar surface area (TPSA) is 81.2 Å². The smallest absolute Gasteiger partial charge is 0.227 e. The van der Waals surface area contributed by atoms with Gasteiger partial charge < -0.3 is 10.6 Å². The van der Waals surface area contributed by atoms with Gasteiger partial charge >= 0.3 is 0 Å². The third-order valence-corrected chi connectivity index (χ3v) is 4.89. The molecule has 2 heterocycles. The predicted octanol–water partition coefficient (Wildman–Crippen LogP) is 2.02. The zero-order valence-electron chi connectivity index (χ0n) is 14.3. The Kier molecular flexibility index (Phi) is 4.81. The van der Waals surface area contributed by atoms with E-state index in [1.807, 2.05) is 42.8 Å². The summed E-state index contributed by atoms with van der Waals surface area (Å²) in [6.45, 7) is 5.08. The van der Waals surface area contributed by atoms with Gasteiger partial charge in [-0.25, -0.2) is 4.68 Å². The molecule has 132 valence electrons. The molecule has 0 spiro atoms. The Hall–Kier alpha value is -2.34. The number of benzene rings is 1. The summed E-state index contributed by atoms with van der Waals surface area (Å²) < 4.78 is 1.83. The highest BCUT2D eigenvalue weighted by molar-refractivity contribution is 6.30. The van der Waals surface area contributed by atoms with Gasteiger partial charge in [0.05, 0.1) is 17.8 Å². The first kappa shape index (κ1) is 17.5. The van der Waals surface area contributed by atoms with Crippen LogP contribution in [0.25, 0.3) is 5.69 Å². The van der Waals surface area contributed by atoms with Crippen molar-refractivity contribution in [1.29, 1.82) is 0 Å². The van der Waals surface area contributed by atoms with Gasteiger partial charge in [-0.15, -0.1) is 0 Å². The van der Waals surface area contributed by atoms with Crippen molar-refractivity contribution in [2.75, 3.05) is 13.1 Å². The summed E-state index contributed by atoms with van der Waals surface area (Å²) in [7, 11) is 0. The van der Waals surface area contributed by atoms with E-state index in [-0.39, 0.29) is 17.7 Å². The van der Waals surface area contributed by atoms with Crippen molar-refractivity contribution < 1.29 is 9.59 Å². The molecular formula is C18H21ClN4O2. The van der Waals surface area contributed by atoms with Crippen LogP contribution in [-0.2, 0) is 16.0 Å². The molecule has 2 N–H and O–H groups in total. The van der Waals surface area contributed by atoms with Crippen LogP contribution in [0.3, 0.4) is 0 Å². The second kappa shape index (κ2) is 6.88. The zero-order valence-corrected chi connectivity index (χ0v) is 15.1. The van der Waals surface area contributed by atoms with Crippen LogP contribution in [0.1, 0.15) is 23.4 Å². The summed E-state index contributed by atoms with van der Waals surface area (Å²) in [5, 5.41) is 5.23. The van der Waals surface area contributed by atoms with E-state index in [1.54, 1.807) is 4.90 Å². The lowest BCUT2D eigenvalue weighted by molar-refractivity contribution is -0.138. The van der Waals surface area contributed by atoms with Gasteiger partial charge in [-0.2, -0.15) is 5.10 Å². The molecule has 0 atom stereocenters. The van der Waals surface area contributed by atoms with Gasteiger partial charge in [-0.3, -0.25) is 9.59 Å². The third kappa shape index (κ3) is 3.69. The number of carbonyl (C=O) groups excluding carboxylic acids is 2. The zero-order chi connectivity index (χ0) is 18.1. The van der Waals surface area contributed by atoms with E-state index in [0.717, 1.165) is 22.6 Å². The first-order valence-corrected chi connectivity index (χ1v) is 8.60. The highest BCUT2D eigenvalue weighted by Gasteiger charge is 2.32. The number of hydrogen-bond donors (Lipinski definition) is 1. The predicted molar refractivity (Wildman–Crippen MR) is 95.6 cm³/mol. The average Bonchev–Trinajstić information content (AvgIpc) is 2.79. The normalized spacial score (nSPS) is 14.4. The van der Waals surface area contributed by atoms with Gasteiger partial charge in [0.1, 0.15) is 0 Å². The molecule has 1 fully saturated rings. The quantitative estimate of drug-likeness (QED) is 0.885. The number of amides is 2. The minimum absolute atomic E-state index is 0.0579. The van der Waals surface area contributed by atoms with Crippen molar-refractivity contribution in [3.05, 3.63) is 46.2 Å². The van der Waals surface area contributed by atoms with Gasteiger partial charge in [0.2, 0.25) is 11.8 Å². The molecule has 1 aromatic carbocycles. The Bertz CT molecular complexity index is 807. The molecule has 25 heavy (non-hydrogen) atoms. The van der Waals surface area contributed by atoms with Crippen LogP contribution in [0.2, 0.25) is 5.02 Å². The van der Waals surface area contributed by atoms with E-state index in [1.165, 1.54) is 0 Å². The molecule has 6 nitrogen and oxygen atoms in total. The minimum atomic E-state index is -0.312. The third-order valence-electron chi connectivity index (χ3n) is 4.64. The van der Waals surface area contributed by atoms with E-state index < -0.39 is 0 Å². The molecule has 1 saturated heterocycles. The fourth-order valence-corrected chi connectivity index (χ4v) is 3.34. The number of hydrogen-bond acceptors (Lipinski definition) is 3. The van der Waals surface area contributed by atoms with Crippen LogP contribution in [0.4, 0.5) is 0 Å². The molecule has 7 heteroatoms. The number of rotatable bonds is 5. The van der Waals surface area contributed by atoms with Gasteiger partial charge in [-0.05, 0) is 38.1 Å². The van der Waals surface area contributed by atoms with Crippen molar-refractivity contribution in [2.24, 2.45) is 11.7 Å². The van der Waals surface area contributed by atoms with Crippen LogP contribution in [0, 0.1) is 19.8 Å². The number of aryl methyl sites for hydroxylation is 1. The van der Waals surface area contributed by atoms with Crippen molar-refractivity contribution in [3.63, 3.8) is 0 Å². The highest BCUT2D eigenvalue weighted by Crippen LogP contribution is 2.23. The lowest BCUT2D eigenvalue weighted by atomic mass is 9.95. The Balaban J connectivity index is 1.70. The van der Waals surface area contributed by atoms with E-state index in [2.05, 4.69) is 5.10 Å². The molecule has 1 aliphatic heterocycles. The Labute approximate surface area is 151 Å². The number of halogens is 1. The number of primary amides is 1. The summed E-state index contributed by atoms with van der Waals surface area (Å²) >= 11 is 5.94. The SMILES string of the molecule is Cc1nn(-c2ccc(Cl)cc2)c(C)c1CC(=O)N1CC(CC(N)=O)C1. The first-order chi connectivity index (χ1) is 11.8. The summed E-state index contributed by atoms with van der Waals surface area (Å²) in [4.78, 5) is 25.2. The largest absolute Gasteiger partial charge is 0.370 e. The van der Waals surface area contributed by atoms with Crippen LogP contribution < -0.4 is 5.73 Å². The van der Waals surface area contributed by atoms with E-state index in [9.17, 15) is 9.59 Å². The standard InChI is InChI=1S/C18H21ClN4O2/c1-11-16(8-18(25)22-9-13(10-22)7-17(20)24)12(2)23(21-11)15-5-3-14(19)4-6-15/h3-6,13H,7-10H2,1-2H3,(H2,20,24). The van der Waals surface area contributed by atoms with Gasteiger partial charge in [0, 0.05) is 41.7 Å². The minimum Gasteiger partial charge on any atom is -0.370 e. The fraction of sp³-hybridized carbons (Fsp3) is 0.389. The molecule has 1 aliphatic rings. The van der Waals surface area contributed by atoms with E-state index in [0.29, 0.717) is 31.0 Å². The van der Waals surface area contributed by atoms with Crippen LogP contribution in [0.15, 0.2) is 24.3 Å². The monoisotopic (exact) mass is 360 g/mol. The number of aromatic nitrogens is 2. The molecule has 0 radical (unpaired) electrons. The maximum Gasteiger partial charge on any atom is 0.227 e. The molecule has 2 amide bonds. The second-order valence-corrected chi connectivity index (χ2v) is 6.99. The molecule has 0 aliphatic carbocycles. The molecule has 0 unspecified atom stereocenters.